The summed E-state index contributed by atoms with van der Waals surface area (Å²) < 4.78 is 13.1. The number of aromatic nitrogens is 1. The minimum Gasteiger partial charge on any atom is -0.456 e. The number of benzene rings is 8. The van der Waals surface area contributed by atoms with Gasteiger partial charge in [-0.05, 0) is 81.5 Å². The Morgan fingerprint density at radius 1 is 0.373 bits per heavy atom. The Hall–Kier alpha value is -6.91. The standard InChI is InChI=1S/C47H28N2O2/c1-2-10-33-28-48-41(25-32(33)9-1)31-13-17-34(18-14-31)49(35-19-21-39-44(26-35)50-42-23-15-29-7-3-5-11-37(29)46(39)42)36-20-22-40-45(27-36)51-43-24-16-30-8-4-6-12-38(30)47(40)43/h1-28H. The molecule has 0 radical (unpaired) electrons. The highest BCUT2D eigenvalue weighted by molar-refractivity contribution is 6.20. The predicted octanol–water partition coefficient (Wildman–Crippen LogP) is 13.5. The molecule has 0 saturated carbocycles. The van der Waals surface area contributed by atoms with Crippen LogP contribution in [-0.2, 0) is 0 Å². The maximum atomic E-state index is 6.53. The number of pyridine rings is 1. The van der Waals surface area contributed by atoms with Crippen molar-refractivity contribution in [2.45, 2.75) is 0 Å². The van der Waals surface area contributed by atoms with Crippen molar-refractivity contribution in [1.29, 1.82) is 0 Å². The van der Waals surface area contributed by atoms with Crippen molar-refractivity contribution in [3.8, 4) is 11.3 Å². The Kier molecular flexibility index (Phi) is 5.92. The summed E-state index contributed by atoms with van der Waals surface area (Å²) in [6, 6.07) is 57.6. The normalized spacial score (nSPS) is 11.9. The van der Waals surface area contributed by atoms with Crippen LogP contribution in [0.2, 0.25) is 0 Å². The molecule has 0 amide bonds. The van der Waals surface area contributed by atoms with E-state index in [1.165, 1.54) is 26.9 Å². The summed E-state index contributed by atoms with van der Waals surface area (Å²) in [6.45, 7) is 0. The number of hydrogen-bond acceptors (Lipinski definition) is 4. The lowest BCUT2D eigenvalue weighted by atomic mass is 10.0. The van der Waals surface area contributed by atoms with E-state index in [1.54, 1.807) is 0 Å². The molecule has 0 N–H and O–H groups in total. The molecule has 4 heteroatoms. The minimum atomic E-state index is 0.845. The zero-order valence-electron chi connectivity index (χ0n) is 27.4. The van der Waals surface area contributed by atoms with Gasteiger partial charge in [0.25, 0.3) is 0 Å². The van der Waals surface area contributed by atoms with E-state index in [0.717, 1.165) is 77.6 Å². The van der Waals surface area contributed by atoms with Gasteiger partial charge in [-0.3, -0.25) is 4.98 Å². The molecule has 3 aromatic heterocycles. The highest BCUT2D eigenvalue weighted by Crippen LogP contribution is 2.43. The summed E-state index contributed by atoms with van der Waals surface area (Å²) in [5, 5.41) is 11.6. The molecule has 3 heterocycles. The van der Waals surface area contributed by atoms with Crippen molar-refractivity contribution < 1.29 is 8.83 Å². The van der Waals surface area contributed by atoms with Gasteiger partial charge in [0.1, 0.15) is 22.3 Å². The summed E-state index contributed by atoms with van der Waals surface area (Å²) >= 11 is 0. The number of nitrogens with zero attached hydrogens (tertiary/aromatic N) is 2. The van der Waals surface area contributed by atoms with Gasteiger partial charge >= 0.3 is 0 Å². The molecule has 0 aliphatic heterocycles. The lowest BCUT2D eigenvalue weighted by Crippen LogP contribution is -2.09. The quantitative estimate of drug-likeness (QED) is 0.190. The van der Waals surface area contributed by atoms with Crippen LogP contribution in [0.25, 0.3) is 87.5 Å². The van der Waals surface area contributed by atoms with Crippen LogP contribution in [0, 0.1) is 0 Å². The van der Waals surface area contributed by atoms with E-state index in [0.29, 0.717) is 0 Å². The van der Waals surface area contributed by atoms with Crippen LogP contribution in [0.5, 0.6) is 0 Å². The maximum absolute atomic E-state index is 6.53. The molecule has 51 heavy (non-hydrogen) atoms. The fourth-order valence-corrected chi connectivity index (χ4v) is 7.82. The number of hydrogen-bond donors (Lipinski definition) is 0. The first-order chi connectivity index (χ1) is 25.2. The topological polar surface area (TPSA) is 42.4 Å². The Morgan fingerprint density at radius 2 is 0.882 bits per heavy atom. The fraction of sp³-hybridized carbons (Fsp3) is 0. The third-order valence-electron chi connectivity index (χ3n) is 10.3. The number of fused-ring (bicyclic) bond motifs is 11. The van der Waals surface area contributed by atoms with Gasteiger partial charge in [-0.1, -0.05) is 97.1 Å². The van der Waals surface area contributed by atoms with Crippen LogP contribution >= 0.6 is 0 Å². The van der Waals surface area contributed by atoms with Crippen molar-refractivity contribution in [2.24, 2.45) is 0 Å². The van der Waals surface area contributed by atoms with E-state index in [9.17, 15) is 0 Å². The van der Waals surface area contributed by atoms with E-state index in [4.69, 9.17) is 13.8 Å². The Balaban J connectivity index is 1.09. The number of rotatable bonds is 4. The first-order valence-corrected chi connectivity index (χ1v) is 17.2. The van der Waals surface area contributed by atoms with Crippen molar-refractivity contribution in [2.75, 3.05) is 4.90 Å². The lowest BCUT2D eigenvalue weighted by Gasteiger charge is -2.25. The summed E-state index contributed by atoms with van der Waals surface area (Å²) in [7, 11) is 0. The molecule has 0 aliphatic rings. The first-order valence-electron chi connectivity index (χ1n) is 17.2. The third kappa shape index (κ3) is 4.37. The van der Waals surface area contributed by atoms with Crippen LogP contribution in [0.4, 0.5) is 17.1 Å². The Labute approximate surface area is 292 Å². The average molecular weight is 653 g/mol. The molecule has 0 fully saturated rings. The van der Waals surface area contributed by atoms with Gasteiger partial charge in [0.15, 0.2) is 0 Å². The van der Waals surface area contributed by atoms with E-state index in [1.807, 2.05) is 12.3 Å². The second-order valence-corrected chi connectivity index (χ2v) is 13.2. The molecule has 0 bridgehead atoms. The van der Waals surface area contributed by atoms with Crippen LogP contribution in [-0.4, -0.2) is 4.98 Å². The van der Waals surface area contributed by atoms with Gasteiger partial charge in [0, 0.05) is 67.9 Å². The highest BCUT2D eigenvalue weighted by atomic mass is 16.3. The van der Waals surface area contributed by atoms with E-state index in [-0.39, 0.29) is 0 Å². The molecule has 238 valence electrons. The molecule has 0 saturated heterocycles. The molecule has 0 spiro atoms. The van der Waals surface area contributed by atoms with Gasteiger partial charge in [0.2, 0.25) is 0 Å². The monoisotopic (exact) mass is 652 g/mol. The smallest absolute Gasteiger partial charge is 0.137 e. The number of anilines is 3. The lowest BCUT2D eigenvalue weighted by molar-refractivity contribution is 0.669. The van der Waals surface area contributed by atoms with Gasteiger partial charge in [-0.15, -0.1) is 0 Å². The van der Waals surface area contributed by atoms with E-state index in [2.05, 4.69) is 163 Å². The molecule has 0 atom stereocenters. The van der Waals surface area contributed by atoms with Crippen molar-refractivity contribution >= 4 is 93.3 Å². The zero-order valence-corrected chi connectivity index (χ0v) is 27.4. The summed E-state index contributed by atoms with van der Waals surface area (Å²) in [5.74, 6) is 0. The SMILES string of the molecule is c1ccc2cc(-c3ccc(N(c4ccc5c(c4)oc4ccc6ccccc6c45)c4ccc5c(c4)oc4ccc6ccccc6c45)cc3)ncc2c1. The fourth-order valence-electron chi connectivity index (χ4n) is 7.82. The highest BCUT2D eigenvalue weighted by Gasteiger charge is 2.19. The Bertz CT molecular complexity index is 3000. The zero-order chi connectivity index (χ0) is 33.5. The van der Waals surface area contributed by atoms with E-state index < -0.39 is 0 Å². The Morgan fingerprint density at radius 3 is 1.47 bits per heavy atom. The predicted molar refractivity (Wildman–Crippen MR) is 211 cm³/mol. The second kappa shape index (κ2) is 10.8. The van der Waals surface area contributed by atoms with Gasteiger partial charge in [0.05, 0.1) is 5.69 Å². The molecule has 8 aromatic carbocycles. The van der Waals surface area contributed by atoms with Crippen LogP contribution in [0.15, 0.2) is 179 Å². The van der Waals surface area contributed by atoms with Gasteiger partial charge in [-0.2, -0.15) is 0 Å². The van der Waals surface area contributed by atoms with Crippen LogP contribution in [0.1, 0.15) is 0 Å². The third-order valence-corrected chi connectivity index (χ3v) is 10.3. The molecule has 4 nitrogen and oxygen atoms in total. The summed E-state index contributed by atoms with van der Waals surface area (Å²) in [6.07, 6.45) is 1.95. The average Bonchev–Trinajstić information content (AvgIpc) is 3.76. The minimum absolute atomic E-state index is 0.845. The maximum Gasteiger partial charge on any atom is 0.137 e. The van der Waals surface area contributed by atoms with Gasteiger partial charge < -0.3 is 13.7 Å². The first kappa shape index (κ1) is 28.0. The molecular formula is C47H28N2O2. The van der Waals surface area contributed by atoms with Crippen molar-refractivity contribution in [3.63, 3.8) is 0 Å². The summed E-state index contributed by atoms with van der Waals surface area (Å²) in [5.41, 5.74) is 8.45. The second-order valence-electron chi connectivity index (χ2n) is 13.2. The van der Waals surface area contributed by atoms with Crippen molar-refractivity contribution in [1.82, 2.24) is 4.98 Å². The van der Waals surface area contributed by atoms with Crippen molar-refractivity contribution in [3.05, 3.63) is 170 Å². The largest absolute Gasteiger partial charge is 0.456 e. The molecule has 11 aromatic rings. The summed E-state index contributed by atoms with van der Waals surface area (Å²) in [4.78, 5) is 7.05. The van der Waals surface area contributed by atoms with E-state index >= 15 is 0 Å². The molecule has 0 aliphatic carbocycles. The van der Waals surface area contributed by atoms with Gasteiger partial charge in [-0.25, -0.2) is 0 Å². The van der Waals surface area contributed by atoms with Crippen LogP contribution < -0.4 is 4.90 Å². The molecular weight excluding hydrogens is 625 g/mol. The molecule has 0 unspecified atom stereocenters. The van der Waals surface area contributed by atoms with Crippen LogP contribution in [0.3, 0.4) is 0 Å². The molecule has 11 rings (SSSR count). The number of furan rings is 2.